The summed E-state index contributed by atoms with van der Waals surface area (Å²) in [4.78, 5) is 24.0. The van der Waals surface area contributed by atoms with Crippen LogP contribution >= 0.6 is 0 Å². The van der Waals surface area contributed by atoms with E-state index in [1.54, 1.807) is 19.2 Å². The fourth-order valence-corrected chi connectivity index (χ4v) is 1.50. The van der Waals surface area contributed by atoms with Crippen molar-refractivity contribution in [3.05, 3.63) is 24.2 Å². The number of amides is 1. The molecule has 1 N–H and O–H groups in total. The highest BCUT2D eigenvalue weighted by atomic mass is 16.5. The molecule has 18 heavy (non-hydrogen) atoms. The monoisotopic (exact) mass is 255 g/mol. The number of aliphatic carboxylic acids is 1. The number of furan rings is 1. The van der Waals surface area contributed by atoms with Crippen molar-refractivity contribution >= 4 is 11.9 Å². The second kappa shape index (κ2) is 7.50. The van der Waals surface area contributed by atoms with Gasteiger partial charge in [-0.2, -0.15) is 0 Å². The predicted molar refractivity (Wildman–Crippen MR) is 63.4 cm³/mol. The van der Waals surface area contributed by atoms with Gasteiger partial charge in [0.25, 0.3) is 5.91 Å². The van der Waals surface area contributed by atoms with E-state index in [0.29, 0.717) is 19.6 Å². The fraction of sp³-hybridized carbons (Fsp3) is 0.500. The first kappa shape index (κ1) is 14.2. The van der Waals surface area contributed by atoms with E-state index in [0.717, 1.165) is 0 Å². The summed E-state index contributed by atoms with van der Waals surface area (Å²) in [6.45, 7) is 1.13. The summed E-state index contributed by atoms with van der Waals surface area (Å²) >= 11 is 0. The number of hydrogen-bond acceptors (Lipinski definition) is 4. The van der Waals surface area contributed by atoms with Crippen molar-refractivity contribution in [1.82, 2.24) is 4.90 Å². The summed E-state index contributed by atoms with van der Waals surface area (Å²) in [5, 5.41) is 8.66. The normalized spacial score (nSPS) is 10.3. The number of methoxy groups -OCH3 is 1. The maximum Gasteiger partial charge on any atom is 0.305 e. The van der Waals surface area contributed by atoms with Gasteiger partial charge in [0, 0.05) is 26.8 Å². The molecule has 100 valence electrons. The number of carbonyl (C=O) groups excluding carboxylic acids is 1. The molecule has 0 saturated carbocycles. The van der Waals surface area contributed by atoms with E-state index in [1.165, 1.54) is 11.2 Å². The topological polar surface area (TPSA) is 80.0 Å². The van der Waals surface area contributed by atoms with Crippen LogP contribution in [0.25, 0.3) is 0 Å². The number of carboxylic acid groups (broad SMARTS) is 1. The minimum atomic E-state index is -0.931. The second-order valence-electron chi connectivity index (χ2n) is 3.76. The van der Waals surface area contributed by atoms with Gasteiger partial charge in [0.2, 0.25) is 0 Å². The Morgan fingerprint density at radius 1 is 1.44 bits per heavy atom. The Morgan fingerprint density at radius 3 is 2.78 bits per heavy atom. The predicted octanol–water partition coefficient (Wildman–Crippen LogP) is 1.23. The lowest BCUT2D eigenvalue weighted by Crippen LogP contribution is -2.34. The molecule has 0 radical (unpaired) electrons. The quantitative estimate of drug-likeness (QED) is 0.707. The van der Waals surface area contributed by atoms with Crippen molar-refractivity contribution in [2.45, 2.75) is 12.8 Å². The van der Waals surface area contributed by atoms with Crippen molar-refractivity contribution in [3.63, 3.8) is 0 Å². The third-order valence-electron chi connectivity index (χ3n) is 2.39. The standard InChI is InChI=1S/C12H17NO5/c1-17-8-3-6-13(7-5-11(14)15)12(16)10-4-2-9-18-10/h2,4,9H,3,5-8H2,1H3,(H,14,15). The molecule has 0 aliphatic heterocycles. The molecule has 1 amide bonds. The summed E-state index contributed by atoms with van der Waals surface area (Å²) in [5.41, 5.74) is 0. The smallest absolute Gasteiger partial charge is 0.305 e. The molecule has 1 aromatic rings. The minimum absolute atomic E-state index is 0.0839. The summed E-state index contributed by atoms with van der Waals surface area (Å²) in [6.07, 6.45) is 1.99. The van der Waals surface area contributed by atoms with Gasteiger partial charge >= 0.3 is 5.97 Å². The van der Waals surface area contributed by atoms with Gasteiger partial charge in [-0.15, -0.1) is 0 Å². The van der Waals surface area contributed by atoms with E-state index < -0.39 is 5.97 Å². The molecular formula is C12H17NO5. The number of nitrogens with zero attached hydrogens (tertiary/aromatic N) is 1. The van der Waals surface area contributed by atoms with Gasteiger partial charge in [-0.3, -0.25) is 9.59 Å². The summed E-state index contributed by atoms with van der Waals surface area (Å²) in [6, 6.07) is 3.18. The molecule has 6 nitrogen and oxygen atoms in total. The number of carboxylic acids is 1. The van der Waals surface area contributed by atoms with Crippen LogP contribution in [-0.2, 0) is 9.53 Å². The minimum Gasteiger partial charge on any atom is -0.481 e. The molecule has 0 saturated heterocycles. The molecule has 0 aliphatic rings. The Kier molecular flexibility index (Phi) is 5.93. The van der Waals surface area contributed by atoms with Crippen molar-refractivity contribution in [2.75, 3.05) is 26.8 Å². The van der Waals surface area contributed by atoms with Gasteiger partial charge in [-0.1, -0.05) is 0 Å². The zero-order valence-electron chi connectivity index (χ0n) is 10.3. The Labute approximate surface area is 105 Å². The number of ether oxygens (including phenoxy) is 1. The molecule has 0 atom stereocenters. The van der Waals surface area contributed by atoms with Crippen LogP contribution in [0.1, 0.15) is 23.4 Å². The van der Waals surface area contributed by atoms with Crippen molar-refractivity contribution < 1.29 is 23.8 Å². The lowest BCUT2D eigenvalue weighted by atomic mass is 10.3. The van der Waals surface area contributed by atoms with Crippen LogP contribution in [-0.4, -0.2) is 48.7 Å². The zero-order valence-corrected chi connectivity index (χ0v) is 10.3. The average molecular weight is 255 g/mol. The van der Waals surface area contributed by atoms with E-state index in [1.807, 2.05) is 0 Å². The van der Waals surface area contributed by atoms with Gasteiger partial charge in [-0.05, 0) is 18.6 Å². The molecule has 0 bridgehead atoms. The van der Waals surface area contributed by atoms with Crippen LogP contribution in [0.15, 0.2) is 22.8 Å². The van der Waals surface area contributed by atoms with E-state index in [2.05, 4.69) is 0 Å². The highest BCUT2D eigenvalue weighted by Crippen LogP contribution is 2.07. The average Bonchev–Trinajstić information content (AvgIpc) is 2.86. The molecule has 0 unspecified atom stereocenters. The Hall–Kier alpha value is -1.82. The molecule has 1 heterocycles. The van der Waals surface area contributed by atoms with E-state index in [4.69, 9.17) is 14.3 Å². The third kappa shape index (κ3) is 4.58. The molecule has 6 heteroatoms. The molecule has 0 aromatic carbocycles. The Bertz CT molecular complexity index is 374. The van der Waals surface area contributed by atoms with Gasteiger partial charge in [-0.25, -0.2) is 0 Å². The molecule has 0 aliphatic carbocycles. The van der Waals surface area contributed by atoms with E-state index in [9.17, 15) is 9.59 Å². The van der Waals surface area contributed by atoms with Gasteiger partial charge in [0.1, 0.15) is 0 Å². The van der Waals surface area contributed by atoms with Gasteiger partial charge in [0.05, 0.1) is 12.7 Å². The SMILES string of the molecule is COCCCN(CCC(=O)O)C(=O)c1ccco1. The second-order valence-corrected chi connectivity index (χ2v) is 3.76. The fourth-order valence-electron chi connectivity index (χ4n) is 1.50. The molecule has 0 fully saturated rings. The highest BCUT2D eigenvalue weighted by molar-refractivity contribution is 5.91. The summed E-state index contributed by atoms with van der Waals surface area (Å²) in [7, 11) is 1.58. The van der Waals surface area contributed by atoms with Crippen molar-refractivity contribution in [1.29, 1.82) is 0 Å². The van der Waals surface area contributed by atoms with E-state index in [-0.39, 0.29) is 24.6 Å². The van der Waals surface area contributed by atoms with Crippen LogP contribution in [0.4, 0.5) is 0 Å². The molecular weight excluding hydrogens is 238 g/mol. The molecule has 0 spiro atoms. The number of carbonyl (C=O) groups is 2. The van der Waals surface area contributed by atoms with Crippen LogP contribution in [0.3, 0.4) is 0 Å². The summed E-state index contributed by atoms with van der Waals surface area (Å²) in [5.74, 6) is -1.01. The van der Waals surface area contributed by atoms with Gasteiger partial charge in [0.15, 0.2) is 5.76 Å². The highest BCUT2D eigenvalue weighted by Gasteiger charge is 2.18. The zero-order chi connectivity index (χ0) is 13.4. The van der Waals surface area contributed by atoms with Crippen molar-refractivity contribution in [2.24, 2.45) is 0 Å². The first-order valence-corrected chi connectivity index (χ1v) is 5.68. The van der Waals surface area contributed by atoms with Gasteiger partial charge < -0.3 is 19.2 Å². The third-order valence-corrected chi connectivity index (χ3v) is 2.39. The molecule has 1 rings (SSSR count). The van der Waals surface area contributed by atoms with Crippen LogP contribution in [0.5, 0.6) is 0 Å². The van der Waals surface area contributed by atoms with Crippen LogP contribution < -0.4 is 0 Å². The first-order chi connectivity index (χ1) is 8.65. The first-order valence-electron chi connectivity index (χ1n) is 5.68. The largest absolute Gasteiger partial charge is 0.481 e. The lowest BCUT2D eigenvalue weighted by molar-refractivity contribution is -0.137. The van der Waals surface area contributed by atoms with Crippen LogP contribution in [0, 0.1) is 0 Å². The lowest BCUT2D eigenvalue weighted by Gasteiger charge is -2.20. The number of hydrogen-bond donors (Lipinski definition) is 1. The van der Waals surface area contributed by atoms with E-state index >= 15 is 0 Å². The summed E-state index contributed by atoms with van der Waals surface area (Å²) < 4.78 is 9.93. The Morgan fingerprint density at radius 2 is 2.22 bits per heavy atom. The molecule has 1 aromatic heterocycles. The number of rotatable bonds is 8. The Balaban J connectivity index is 2.57. The van der Waals surface area contributed by atoms with Crippen LogP contribution in [0.2, 0.25) is 0 Å². The maximum atomic E-state index is 12.0. The maximum absolute atomic E-state index is 12.0. The van der Waals surface area contributed by atoms with Crippen molar-refractivity contribution in [3.8, 4) is 0 Å².